The third-order valence-corrected chi connectivity index (χ3v) is 3.35. The van der Waals surface area contributed by atoms with Crippen LogP contribution in [-0.2, 0) is 0 Å². The molecule has 1 nitrogen and oxygen atoms in total. The fourth-order valence-corrected chi connectivity index (χ4v) is 2.62. The average Bonchev–Trinajstić information content (AvgIpc) is 2.62. The maximum atomic E-state index is 13.5. The Hall–Kier alpha value is -0.930. The topological polar surface area (TPSA) is 20.2 Å². The monoisotopic (exact) mass is 210 g/mol. The third kappa shape index (κ3) is 1.42. The molecule has 1 N–H and O–H groups in total. The number of aliphatic hydroxyl groups is 1. The van der Waals surface area contributed by atoms with Gasteiger partial charge in [-0.25, -0.2) is 4.39 Å². The van der Waals surface area contributed by atoms with Crippen molar-refractivity contribution in [2.45, 2.75) is 12.8 Å². The molecule has 74 valence electrons. The number of halogens is 1. The molecule has 0 aliphatic heterocycles. The van der Waals surface area contributed by atoms with Crippen molar-refractivity contribution in [2.75, 3.05) is 6.61 Å². The Kier molecular flexibility index (Phi) is 2.52. The largest absolute Gasteiger partial charge is 0.396 e. The van der Waals surface area contributed by atoms with Crippen LogP contribution in [0.1, 0.15) is 18.4 Å². The van der Waals surface area contributed by atoms with Crippen molar-refractivity contribution in [3.05, 3.63) is 35.0 Å². The first-order valence-corrected chi connectivity index (χ1v) is 5.38. The van der Waals surface area contributed by atoms with Gasteiger partial charge in [0.1, 0.15) is 5.82 Å². The normalized spacial score (nSPS) is 13.4. The molecule has 1 heterocycles. The summed E-state index contributed by atoms with van der Waals surface area (Å²) in [7, 11) is 0. The number of hydrogen-bond acceptors (Lipinski definition) is 2. The molecule has 0 spiro atoms. The second kappa shape index (κ2) is 3.67. The fourth-order valence-electron chi connectivity index (χ4n) is 1.53. The van der Waals surface area contributed by atoms with Gasteiger partial charge in [-0.05, 0) is 23.1 Å². The van der Waals surface area contributed by atoms with Gasteiger partial charge in [0, 0.05) is 22.6 Å². The Morgan fingerprint density at radius 3 is 3.00 bits per heavy atom. The van der Waals surface area contributed by atoms with E-state index in [9.17, 15) is 4.39 Å². The molecule has 0 fully saturated rings. The zero-order chi connectivity index (χ0) is 10.1. The van der Waals surface area contributed by atoms with Crippen LogP contribution >= 0.6 is 11.3 Å². The standard InChI is InChI=1S/C11H11FOS/c1-7(5-13)8-6-14-10-4-2-3-9(12)11(8)10/h2-4,6-7,13H,5H2,1H3. The summed E-state index contributed by atoms with van der Waals surface area (Å²) in [5.74, 6) is -0.195. The van der Waals surface area contributed by atoms with Gasteiger partial charge < -0.3 is 5.11 Å². The molecule has 0 amide bonds. The molecule has 0 saturated heterocycles. The molecule has 0 saturated carbocycles. The van der Waals surface area contributed by atoms with Gasteiger partial charge in [-0.15, -0.1) is 11.3 Å². The molecule has 1 unspecified atom stereocenters. The molecule has 0 aliphatic carbocycles. The number of benzene rings is 1. The van der Waals surface area contributed by atoms with Crippen molar-refractivity contribution in [3.8, 4) is 0 Å². The van der Waals surface area contributed by atoms with Crippen LogP contribution in [0.25, 0.3) is 10.1 Å². The van der Waals surface area contributed by atoms with E-state index >= 15 is 0 Å². The molecule has 2 aromatic rings. The molecule has 3 heteroatoms. The van der Waals surface area contributed by atoms with Crippen molar-refractivity contribution in [1.29, 1.82) is 0 Å². The second-order valence-corrected chi connectivity index (χ2v) is 4.30. The highest BCUT2D eigenvalue weighted by Gasteiger charge is 2.13. The lowest BCUT2D eigenvalue weighted by Crippen LogP contribution is -1.97. The van der Waals surface area contributed by atoms with E-state index in [1.54, 1.807) is 6.07 Å². The molecule has 14 heavy (non-hydrogen) atoms. The quantitative estimate of drug-likeness (QED) is 0.807. The van der Waals surface area contributed by atoms with E-state index in [4.69, 9.17) is 5.11 Å². The van der Waals surface area contributed by atoms with Gasteiger partial charge >= 0.3 is 0 Å². The van der Waals surface area contributed by atoms with Crippen LogP contribution in [0.4, 0.5) is 4.39 Å². The van der Waals surface area contributed by atoms with Crippen LogP contribution in [0.2, 0.25) is 0 Å². The Morgan fingerprint density at radius 1 is 1.50 bits per heavy atom. The molecule has 0 radical (unpaired) electrons. The van der Waals surface area contributed by atoms with E-state index in [-0.39, 0.29) is 18.3 Å². The first-order chi connectivity index (χ1) is 6.74. The van der Waals surface area contributed by atoms with Crippen molar-refractivity contribution in [2.24, 2.45) is 0 Å². The number of fused-ring (bicyclic) bond motifs is 1. The molecule has 1 aromatic carbocycles. The Morgan fingerprint density at radius 2 is 2.29 bits per heavy atom. The molecule has 1 atom stereocenters. The minimum atomic E-state index is -0.195. The van der Waals surface area contributed by atoms with E-state index in [1.165, 1.54) is 17.4 Å². The average molecular weight is 210 g/mol. The molecule has 1 aromatic heterocycles. The molecule has 2 rings (SSSR count). The van der Waals surface area contributed by atoms with Gasteiger partial charge in [-0.3, -0.25) is 0 Å². The minimum absolute atomic E-state index is 0.000602. The minimum Gasteiger partial charge on any atom is -0.396 e. The lowest BCUT2D eigenvalue weighted by molar-refractivity contribution is 0.274. The second-order valence-electron chi connectivity index (χ2n) is 3.39. The Labute approximate surface area is 85.8 Å². The Balaban J connectivity index is 2.67. The van der Waals surface area contributed by atoms with E-state index in [0.717, 1.165) is 10.3 Å². The summed E-state index contributed by atoms with van der Waals surface area (Å²) in [6.07, 6.45) is 0. The van der Waals surface area contributed by atoms with Gasteiger partial charge in [0.25, 0.3) is 0 Å². The van der Waals surface area contributed by atoms with Crippen molar-refractivity contribution in [3.63, 3.8) is 0 Å². The maximum Gasteiger partial charge on any atom is 0.132 e. The van der Waals surface area contributed by atoms with Crippen LogP contribution in [-0.4, -0.2) is 11.7 Å². The van der Waals surface area contributed by atoms with Crippen molar-refractivity contribution >= 4 is 21.4 Å². The molecular weight excluding hydrogens is 199 g/mol. The highest BCUT2D eigenvalue weighted by atomic mass is 32.1. The van der Waals surface area contributed by atoms with Gasteiger partial charge in [0.2, 0.25) is 0 Å². The zero-order valence-corrected chi connectivity index (χ0v) is 8.64. The Bertz CT molecular complexity index is 449. The molecule has 0 bridgehead atoms. The highest BCUT2D eigenvalue weighted by molar-refractivity contribution is 7.17. The highest BCUT2D eigenvalue weighted by Crippen LogP contribution is 2.32. The number of rotatable bonds is 2. The van der Waals surface area contributed by atoms with E-state index in [0.29, 0.717) is 5.39 Å². The lowest BCUT2D eigenvalue weighted by atomic mass is 10.0. The van der Waals surface area contributed by atoms with Crippen LogP contribution in [0.15, 0.2) is 23.6 Å². The SMILES string of the molecule is CC(CO)c1csc2cccc(F)c12. The zero-order valence-electron chi connectivity index (χ0n) is 7.83. The van der Waals surface area contributed by atoms with Crippen LogP contribution < -0.4 is 0 Å². The molecule has 0 aliphatic rings. The van der Waals surface area contributed by atoms with Crippen LogP contribution in [0, 0.1) is 5.82 Å². The summed E-state index contributed by atoms with van der Waals surface area (Å²) >= 11 is 1.52. The van der Waals surface area contributed by atoms with Gasteiger partial charge in [-0.1, -0.05) is 13.0 Å². The predicted molar refractivity (Wildman–Crippen MR) is 57.3 cm³/mol. The summed E-state index contributed by atoms with van der Waals surface area (Å²) in [4.78, 5) is 0. The summed E-state index contributed by atoms with van der Waals surface area (Å²) in [5.41, 5.74) is 0.908. The smallest absolute Gasteiger partial charge is 0.132 e. The first-order valence-electron chi connectivity index (χ1n) is 4.50. The van der Waals surface area contributed by atoms with Gasteiger partial charge in [-0.2, -0.15) is 0 Å². The lowest BCUT2D eigenvalue weighted by Gasteiger charge is -2.06. The predicted octanol–water partition coefficient (Wildman–Crippen LogP) is 3.14. The van der Waals surface area contributed by atoms with Crippen molar-refractivity contribution in [1.82, 2.24) is 0 Å². The summed E-state index contributed by atoms with van der Waals surface area (Å²) in [5, 5.41) is 11.6. The number of hydrogen-bond donors (Lipinski definition) is 1. The first kappa shape index (κ1) is 9.62. The number of thiophene rings is 1. The van der Waals surface area contributed by atoms with Crippen LogP contribution in [0.5, 0.6) is 0 Å². The van der Waals surface area contributed by atoms with Crippen LogP contribution in [0.3, 0.4) is 0 Å². The summed E-state index contributed by atoms with van der Waals surface area (Å²) in [6, 6.07) is 5.07. The molecular formula is C11H11FOS. The number of aliphatic hydroxyl groups excluding tert-OH is 1. The summed E-state index contributed by atoms with van der Waals surface area (Å²) in [6.45, 7) is 1.95. The maximum absolute atomic E-state index is 13.5. The van der Waals surface area contributed by atoms with Gasteiger partial charge in [0.15, 0.2) is 0 Å². The van der Waals surface area contributed by atoms with E-state index in [2.05, 4.69) is 0 Å². The third-order valence-electron chi connectivity index (χ3n) is 2.38. The van der Waals surface area contributed by atoms with E-state index in [1.807, 2.05) is 18.4 Å². The van der Waals surface area contributed by atoms with Gasteiger partial charge in [0.05, 0.1) is 0 Å². The van der Waals surface area contributed by atoms with Crippen molar-refractivity contribution < 1.29 is 9.50 Å². The summed E-state index contributed by atoms with van der Waals surface area (Å²) < 4.78 is 14.4. The fraction of sp³-hybridized carbons (Fsp3) is 0.273. The van der Waals surface area contributed by atoms with E-state index < -0.39 is 0 Å².